The minimum Gasteiger partial charge on any atom is -0.314 e. The maximum Gasteiger partial charge on any atom is 0.213 e. The first-order valence-electron chi connectivity index (χ1n) is 7.63. The summed E-state index contributed by atoms with van der Waals surface area (Å²) in [5.74, 6) is 0.197. The zero-order valence-corrected chi connectivity index (χ0v) is 13.8. The van der Waals surface area contributed by atoms with Crippen LogP contribution in [0, 0.1) is 0 Å². The van der Waals surface area contributed by atoms with Crippen LogP contribution < -0.4 is 10.0 Å². The molecule has 1 aromatic heterocycles. The number of nitrogens with zero attached hydrogens (tertiary/aromatic N) is 1. The molecule has 0 spiro atoms. The molecule has 1 atom stereocenters. The number of piperazine rings is 1. The number of rotatable bonds is 5. The minimum absolute atomic E-state index is 0.0203. The number of thiophene rings is 1. The van der Waals surface area contributed by atoms with Gasteiger partial charge in [0.1, 0.15) is 0 Å². The fraction of sp³-hybridized carbons (Fsp3) is 0.714. The van der Waals surface area contributed by atoms with E-state index in [1.807, 2.05) is 0 Å². The van der Waals surface area contributed by atoms with Gasteiger partial charge in [0.2, 0.25) is 10.0 Å². The normalized spacial score (nSPS) is 23.9. The molecule has 118 valence electrons. The van der Waals surface area contributed by atoms with Gasteiger partial charge in [-0.2, -0.15) is 0 Å². The largest absolute Gasteiger partial charge is 0.314 e. The Morgan fingerprint density at radius 1 is 1.38 bits per heavy atom. The van der Waals surface area contributed by atoms with Crippen LogP contribution in [0.2, 0.25) is 0 Å². The number of aryl methyl sites for hydroxylation is 1. The molecular weight excluding hydrogens is 306 g/mol. The molecule has 1 aromatic rings. The Morgan fingerprint density at radius 3 is 3.00 bits per heavy atom. The van der Waals surface area contributed by atoms with E-state index < -0.39 is 10.0 Å². The van der Waals surface area contributed by atoms with Gasteiger partial charge in [0.25, 0.3) is 0 Å². The molecular formula is C14H23N3O2S2. The zero-order chi connectivity index (χ0) is 14.7. The van der Waals surface area contributed by atoms with E-state index in [4.69, 9.17) is 0 Å². The summed E-state index contributed by atoms with van der Waals surface area (Å²) in [4.78, 5) is 3.56. The Labute approximate surface area is 130 Å². The smallest absolute Gasteiger partial charge is 0.213 e. The Bertz CT molecular complexity index is 565. The highest BCUT2D eigenvalue weighted by molar-refractivity contribution is 7.89. The molecule has 21 heavy (non-hydrogen) atoms. The molecule has 2 aliphatic rings. The fourth-order valence-electron chi connectivity index (χ4n) is 3.07. The van der Waals surface area contributed by atoms with E-state index in [0.29, 0.717) is 6.54 Å². The van der Waals surface area contributed by atoms with Crippen LogP contribution in [0.15, 0.2) is 11.4 Å². The van der Waals surface area contributed by atoms with Crippen molar-refractivity contribution in [2.45, 2.75) is 25.3 Å². The lowest BCUT2D eigenvalue weighted by Crippen LogP contribution is -2.46. The third-order valence-corrected chi connectivity index (χ3v) is 6.62. The Hall–Kier alpha value is -0.470. The van der Waals surface area contributed by atoms with Gasteiger partial charge in [0.05, 0.1) is 5.75 Å². The van der Waals surface area contributed by atoms with Gasteiger partial charge in [-0.05, 0) is 36.3 Å². The second-order valence-corrected chi connectivity index (χ2v) is 8.65. The van der Waals surface area contributed by atoms with Crippen LogP contribution in [-0.4, -0.2) is 51.8 Å². The monoisotopic (exact) mass is 329 g/mol. The summed E-state index contributed by atoms with van der Waals surface area (Å²) in [7, 11) is -3.21. The molecule has 2 heterocycles. The third kappa shape index (κ3) is 4.04. The highest BCUT2D eigenvalue weighted by Crippen LogP contribution is 2.33. The molecule has 1 saturated heterocycles. The first kappa shape index (κ1) is 15.4. The van der Waals surface area contributed by atoms with Gasteiger partial charge >= 0.3 is 0 Å². The SMILES string of the molecule is O=S(=O)(CCN1CCNCC1)NC1CCCc2sccc21. The second-order valence-electron chi connectivity index (χ2n) is 5.77. The molecule has 0 bridgehead atoms. The summed E-state index contributed by atoms with van der Waals surface area (Å²) >= 11 is 1.74. The molecule has 5 nitrogen and oxygen atoms in total. The molecule has 1 aliphatic carbocycles. The summed E-state index contributed by atoms with van der Waals surface area (Å²) in [6.07, 6.45) is 3.07. The quantitative estimate of drug-likeness (QED) is 0.844. The number of hydrogen-bond donors (Lipinski definition) is 2. The lowest BCUT2D eigenvalue weighted by atomic mass is 9.95. The predicted molar refractivity (Wildman–Crippen MR) is 86.2 cm³/mol. The summed E-state index contributed by atoms with van der Waals surface area (Å²) in [6, 6.07) is 2.05. The average molecular weight is 329 g/mol. The van der Waals surface area contributed by atoms with Crippen LogP contribution >= 0.6 is 11.3 Å². The fourth-order valence-corrected chi connectivity index (χ4v) is 5.35. The molecule has 1 unspecified atom stereocenters. The van der Waals surface area contributed by atoms with E-state index in [2.05, 4.69) is 26.4 Å². The number of nitrogens with one attached hydrogen (secondary N) is 2. The van der Waals surface area contributed by atoms with Crippen molar-refractivity contribution in [1.29, 1.82) is 0 Å². The molecule has 0 amide bonds. The van der Waals surface area contributed by atoms with Crippen LogP contribution in [0.4, 0.5) is 0 Å². The topological polar surface area (TPSA) is 61.4 Å². The highest BCUT2D eigenvalue weighted by atomic mass is 32.2. The Morgan fingerprint density at radius 2 is 2.19 bits per heavy atom. The van der Waals surface area contributed by atoms with Crippen LogP contribution in [0.5, 0.6) is 0 Å². The van der Waals surface area contributed by atoms with E-state index in [0.717, 1.165) is 45.4 Å². The lowest BCUT2D eigenvalue weighted by Gasteiger charge is -2.28. The van der Waals surface area contributed by atoms with Crippen LogP contribution in [0.25, 0.3) is 0 Å². The van der Waals surface area contributed by atoms with Crippen molar-refractivity contribution in [1.82, 2.24) is 14.9 Å². The molecule has 1 aliphatic heterocycles. The van der Waals surface area contributed by atoms with E-state index in [1.54, 1.807) is 11.3 Å². The summed E-state index contributed by atoms with van der Waals surface area (Å²) in [6.45, 7) is 4.41. The van der Waals surface area contributed by atoms with Crippen molar-refractivity contribution in [3.05, 3.63) is 21.9 Å². The highest BCUT2D eigenvalue weighted by Gasteiger charge is 2.25. The van der Waals surface area contributed by atoms with Gasteiger partial charge in [-0.3, -0.25) is 4.90 Å². The first-order chi connectivity index (χ1) is 10.1. The van der Waals surface area contributed by atoms with Crippen molar-refractivity contribution in [2.75, 3.05) is 38.5 Å². The van der Waals surface area contributed by atoms with Gasteiger partial charge in [0.15, 0.2) is 0 Å². The van der Waals surface area contributed by atoms with E-state index >= 15 is 0 Å². The standard InChI is InChI=1S/C14H23N3O2S2/c18-21(19,11-9-17-7-5-15-6-8-17)16-13-2-1-3-14-12(13)4-10-20-14/h4,10,13,15-16H,1-3,5-9,11H2. The third-order valence-electron chi connectivity index (χ3n) is 4.26. The van der Waals surface area contributed by atoms with Crippen molar-refractivity contribution < 1.29 is 8.42 Å². The maximum absolute atomic E-state index is 12.3. The number of sulfonamides is 1. The predicted octanol–water partition coefficient (Wildman–Crippen LogP) is 0.950. The lowest BCUT2D eigenvalue weighted by molar-refractivity contribution is 0.253. The minimum atomic E-state index is -3.21. The second kappa shape index (κ2) is 6.75. The summed E-state index contributed by atoms with van der Waals surface area (Å²) in [5.41, 5.74) is 1.19. The van der Waals surface area contributed by atoms with Gasteiger partial charge in [-0.25, -0.2) is 13.1 Å². The average Bonchev–Trinajstić information content (AvgIpc) is 2.96. The molecule has 0 aromatic carbocycles. The molecule has 1 fully saturated rings. The van der Waals surface area contributed by atoms with Gasteiger partial charge in [-0.15, -0.1) is 11.3 Å². The first-order valence-corrected chi connectivity index (χ1v) is 10.2. The molecule has 2 N–H and O–H groups in total. The van der Waals surface area contributed by atoms with Crippen molar-refractivity contribution in [2.24, 2.45) is 0 Å². The maximum atomic E-state index is 12.3. The van der Waals surface area contributed by atoms with Gasteiger partial charge in [0, 0.05) is 43.6 Å². The molecule has 0 saturated carbocycles. The molecule has 0 radical (unpaired) electrons. The van der Waals surface area contributed by atoms with Gasteiger partial charge in [-0.1, -0.05) is 0 Å². The Kier molecular flexibility index (Phi) is 4.96. The number of fused-ring (bicyclic) bond motifs is 1. The van der Waals surface area contributed by atoms with Crippen molar-refractivity contribution >= 4 is 21.4 Å². The van der Waals surface area contributed by atoms with Gasteiger partial charge < -0.3 is 5.32 Å². The molecule has 3 rings (SSSR count). The van der Waals surface area contributed by atoms with Crippen LogP contribution in [-0.2, 0) is 16.4 Å². The van der Waals surface area contributed by atoms with E-state index in [1.165, 1.54) is 10.4 Å². The molecule has 7 heteroatoms. The van der Waals surface area contributed by atoms with Crippen molar-refractivity contribution in [3.8, 4) is 0 Å². The van der Waals surface area contributed by atoms with Crippen molar-refractivity contribution in [3.63, 3.8) is 0 Å². The van der Waals surface area contributed by atoms with E-state index in [9.17, 15) is 8.42 Å². The van der Waals surface area contributed by atoms with Crippen LogP contribution in [0.1, 0.15) is 29.3 Å². The van der Waals surface area contributed by atoms with E-state index in [-0.39, 0.29) is 11.8 Å². The number of hydrogen-bond acceptors (Lipinski definition) is 5. The summed E-state index contributed by atoms with van der Waals surface area (Å²) < 4.78 is 27.6. The Balaban J connectivity index is 1.56. The summed E-state index contributed by atoms with van der Waals surface area (Å²) in [5, 5.41) is 5.35. The van der Waals surface area contributed by atoms with Crippen LogP contribution in [0.3, 0.4) is 0 Å². The zero-order valence-electron chi connectivity index (χ0n) is 12.2.